The summed E-state index contributed by atoms with van der Waals surface area (Å²) in [6, 6.07) is 7.76. The van der Waals surface area contributed by atoms with Crippen molar-refractivity contribution in [2.24, 2.45) is 0 Å². The van der Waals surface area contributed by atoms with Gasteiger partial charge in [-0.05, 0) is 24.6 Å². The van der Waals surface area contributed by atoms with Gasteiger partial charge in [0.15, 0.2) is 0 Å². The number of aromatic amines is 1. The van der Waals surface area contributed by atoms with Gasteiger partial charge in [-0.3, -0.25) is 19.5 Å². The van der Waals surface area contributed by atoms with E-state index >= 15 is 0 Å². The Hall–Kier alpha value is -2.83. The van der Waals surface area contributed by atoms with Gasteiger partial charge in [-0.15, -0.1) is 0 Å². The van der Waals surface area contributed by atoms with E-state index in [-0.39, 0.29) is 30.0 Å². The van der Waals surface area contributed by atoms with Crippen LogP contribution in [0.25, 0.3) is 0 Å². The molecule has 0 spiro atoms. The molecule has 0 aliphatic rings. The smallest absolute Gasteiger partial charge is 0.265 e. The Morgan fingerprint density at radius 2 is 2.05 bits per heavy atom. The van der Waals surface area contributed by atoms with Gasteiger partial charge in [0.25, 0.3) is 11.1 Å². The zero-order valence-electron chi connectivity index (χ0n) is 12.4. The van der Waals surface area contributed by atoms with Gasteiger partial charge < -0.3 is 10.1 Å². The molecular formula is C15H17N3O4. The van der Waals surface area contributed by atoms with E-state index in [1.54, 1.807) is 12.1 Å². The molecule has 7 nitrogen and oxygen atoms in total. The molecule has 0 bridgehead atoms. The number of ether oxygens (including phenoxy) is 1. The summed E-state index contributed by atoms with van der Waals surface area (Å²) in [4.78, 5) is 34.7. The molecule has 1 heterocycles. The van der Waals surface area contributed by atoms with Gasteiger partial charge in [0.2, 0.25) is 5.91 Å². The first-order valence-corrected chi connectivity index (χ1v) is 6.74. The number of aromatic nitrogens is 2. The summed E-state index contributed by atoms with van der Waals surface area (Å²) >= 11 is 0. The SMILES string of the molecule is COc1ccc(C)cc1NC(=O)CCn1[nH]c(=O)ccc1=O. The zero-order valence-corrected chi connectivity index (χ0v) is 12.4. The minimum Gasteiger partial charge on any atom is -0.495 e. The van der Waals surface area contributed by atoms with E-state index in [2.05, 4.69) is 10.4 Å². The number of aryl methyl sites for hydroxylation is 2. The number of anilines is 1. The topological polar surface area (TPSA) is 93.2 Å². The lowest BCUT2D eigenvalue weighted by Crippen LogP contribution is -2.29. The van der Waals surface area contributed by atoms with Crippen molar-refractivity contribution >= 4 is 11.6 Å². The second kappa shape index (κ2) is 6.75. The first-order valence-electron chi connectivity index (χ1n) is 6.74. The Morgan fingerprint density at radius 1 is 1.27 bits per heavy atom. The van der Waals surface area contributed by atoms with Crippen LogP contribution in [0.3, 0.4) is 0 Å². The highest BCUT2D eigenvalue weighted by molar-refractivity contribution is 5.92. The molecule has 0 aliphatic carbocycles. The van der Waals surface area contributed by atoms with Gasteiger partial charge in [0, 0.05) is 18.6 Å². The van der Waals surface area contributed by atoms with Crippen LogP contribution in [0.5, 0.6) is 5.75 Å². The number of benzene rings is 1. The van der Waals surface area contributed by atoms with Crippen molar-refractivity contribution in [3.05, 3.63) is 56.6 Å². The Labute approximate surface area is 126 Å². The first-order chi connectivity index (χ1) is 10.5. The molecule has 0 saturated heterocycles. The van der Waals surface area contributed by atoms with Crippen molar-refractivity contribution in [1.82, 2.24) is 9.78 Å². The number of rotatable bonds is 5. The average molecular weight is 303 g/mol. The van der Waals surface area contributed by atoms with Crippen LogP contribution in [0.1, 0.15) is 12.0 Å². The third-order valence-electron chi connectivity index (χ3n) is 3.08. The number of hydrogen-bond donors (Lipinski definition) is 2. The maximum absolute atomic E-state index is 12.0. The Kier molecular flexibility index (Phi) is 4.77. The minimum absolute atomic E-state index is 0.0525. The van der Waals surface area contributed by atoms with Crippen LogP contribution >= 0.6 is 0 Å². The molecular weight excluding hydrogens is 286 g/mol. The Balaban J connectivity index is 2.05. The molecule has 0 radical (unpaired) electrons. The van der Waals surface area contributed by atoms with Crippen molar-refractivity contribution in [1.29, 1.82) is 0 Å². The van der Waals surface area contributed by atoms with Crippen LogP contribution in [0.15, 0.2) is 39.9 Å². The summed E-state index contributed by atoms with van der Waals surface area (Å²) in [5.41, 5.74) is 0.807. The molecule has 1 amide bonds. The van der Waals surface area contributed by atoms with E-state index < -0.39 is 0 Å². The highest BCUT2D eigenvalue weighted by Gasteiger charge is 2.08. The molecule has 116 valence electrons. The van der Waals surface area contributed by atoms with Crippen molar-refractivity contribution in [3.8, 4) is 5.75 Å². The van der Waals surface area contributed by atoms with Crippen LogP contribution in [-0.2, 0) is 11.3 Å². The Morgan fingerprint density at radius 3 is 2.77 bits per heavy atom. The van der Waals surface area contributed by atoms with Crippen molar-refractivity contribution in [3.63, 3.8) is 0 Å². The van der Waals surface area contributed by atoms with Crippen molar-refractivity contribution in [2.45, 2.75) is 19.9 Å². The van der Waals surface area contributed by atoms with E-state index in [1.165, 1.54) is 13.2 Å². The highest BCUT2D eigenvalue weighted by atomic mass is 16.5. The van der Waals surface area contributed by atoms with Crippen LogP contribution in [0.2, 0.25) is 0 Å². The maximum Gasteiger partial charge on any atom is 0.265 e. The molecule has 1 aromatic heterocycles. The second-order valence-corrected chi connectivity index (χ2v) is 4.80. The summed E-state index contributed by atoms with van der Waals surface area (Å²) in [6.07, 6.45) is 0.0525. The standard InChI is InChI=1S/C15H17N3O4/c1-10-3-4-12(22-2)11(9-10)16-13(19)7-8-18-15(21)6-5-14(20)17-18/h3-6,9H,7-8H2,1-2H3,(H,16,19)(H,17,20). The predicted octanol–water partition coefficient (Wildman–Crippen LogP) is 0.882. The average Bonchev–Trinajstić information content (AvgIpc) is 2.48. The molecule has 0 aliphatic heterocycles. The molecule has 2 rings (SSSR count). The molecule has 0 atom stereocenters. The summed E-state index contributed by atoms with van der Waals surface area (Å²) in [6.45, 7) is 2.00. The van der Waals surface area contributed by atoms with Gasteiger partial charge in [0.1, 0.15) is 5.75 Å². The molecule has 0 fully saturated rings. The van der Waals surface area contributed by atoms with Gasteiger partial charge in [-0.2, -0.15) is 0 Å². The van der Waals surface area contributed by atoms with Gasteiger partial charge in [-0.25, -0.2) is 4.68 Å². The zero-order chi connectivity index (χ0) is 16.1. The molecule has 7 heteroatoms. The van der Waals surface area contributed by atoms with E-state index in [9.17, 15) is 14.4 Å². The fourth-order valence-corrected chi connectivity index (χ4v) is 1.97. The number of carbonyl (C=O) groups is 1. The van der Waals surface area contributed by atoms with E-state index in [0.29, 0.717) is 11.4 Å². The predicted molar refractivity (Wildman–Crippen MR) is 82.3 cm³/mol. The lowest BCUT2D eigenvalue weighted by molar-refractivity contribution is -0.116. The first kappa shape index (κ1) is 15.6. The van der Waals surface area contributed by atoms with Gasteiger partial charge in [0.05, 0.1) is 19.3 Å². The molecule has 2 N–H and O–H groups in total. The third-order valence-corrected chi connectivity index (χ3v) is 3.08. The quantitative estimate of drug-likeness (QED) is 0.857. The number of carbonyl (C=O) groups excluding carboxylic acids is 1. The van der Waals surface area contributed by atoms with E-state index in [1.807, 2.05) is 13.0 Å². The monoisotopic (exact) mass is 303 g/mol. The number of nitrogens with one attached hydrogen (secondary N) is 2. The third kappa shape index (κ3) is 3.85. The molecule has 0 saturated carbocycles. The van der Waals surface area contributed by atoms with Crippen molar-refractivity contribution < 1.29 is 9.53 Å². The van der Waals surface area contributed by atoms with Crippen molar-refractivity contribution in [2.75, 3.05) is 12.4 Å². The Bertz CT molecular complexity index is 792. The fraction of sp³-hybridized carbons (Fsp3) is 0.267. The number of hydrogen-bond acceptors (Lipinski definition) is 4. The number of methoxy groups -OCH3 is 1. The van der Waals surface area contributed by atoms with E-state index in [0.717, 1.165) is 16.3 Å². The normalized spacial score (nSPS) is 10.3. The van der Waals surface area contributed by atoms with Crippen LogP contribution in [0, 0.1) is 6.92 Å². The van der Waals surface area contributed by atoms with Crippen LogP contribution in [0.4, 0.5) is 5.69 Å². The number of H-pyrrole nitrogens is 1. The van der Waals surface area contributed by atoms with Crippen LogP contribution in [-0.4, -0.2) is 22.8 Å². The summed E-state index contributed by atoms with van der Waals surface area (Å²) < 4.78 is 6.29. The highest BCUT2D eigenvalue weighted by Crippen LogP contribution is 2.25. The molecule has 0 unspecified atom stereocenters. The van der Waals surface area contributed by atoms with E-state index in [4.69, 9.17) is 4.74 Å². The maximum atomic E-state index is 12.0. The summed E-state index contributed by atoms with van der Waals surface area (Å²) in [7, 11) is 1.52. The largest absolute Gasteiger partial charge is 0.495 e. The lowest BCUT2D eigenvalue weighted by atomic mass is 10.2. The minimum atomic E-state index is -0.389. The molecule has 2 aromatic rings. The fourth-order valence-electron chi connectivity index (χ4n) is 1.97. The number of nitrogens with zero attached hydrogens (tertiary/aromatic N) is 1. The molecule has 22 heavy (non-hydrogen) atoms. The summed E-state index contributed by atoms with van der Waals surface area (Å²) in [5, 5.41) is 5.11. The summed E-state index contributed by atoms with van der Waals surface area (Å²) in [5.74, 6) is 0.282. The molecule has 1 aromatic carbocycles. The lowest BCUT2D eigenvalue weighted by Gasteiger charge is -2.11. The van der Waals surface area contributed by atoms with Gasteiger partial charge >= 0.3 is 0 Å². The second-order valence-electron chi connectivity index (χ2n) is 4.80. The van der Waals surface area contributed by atoms with Gasteiger partial charge in [-0.1, -0.05) is 6.07 Å². The number of amides is 1. The van der Waals surface area contributed by atoms with Crippen LogP contribution < -0.4 is 21.2 Å².